The minimum absolute atomic E-state index is 0.239. The standard InChI is InChI=1S/C19H28N2O4/c1-19(2,3)25-18(23)21-11-5-10-20(12-13-21)14-15-6-8-16(9-7-15)17(22)24-4/h6-9H,5,10-14H2,1-4H3. The Labute approximate surface area is 149 Å². The summed E-state index contributed by atoms with van der Waals surface area (Å²) < 4.78 is 10.2. The second-order valence-electron chi connectivity index (χ2n) is 7.29. The summed E-state index contributed by atoms with van der Waals surface area (Å²) in [7, 11) is 1.38. The molecule has 0 N–H and O–H groups in total. The van der Waals surface area contributed by atoms with Gasteiger partial charge in [-0.15, -0.1) is 0 Å². The van der Waals surface area contributed by atoms with Gasteiger partial charge in [-0.1, -0.05) is 12.1 Å². The number of benzene rings is 1. The second-order valence-corrected chi connectivity index (χ2v) is 7.29. The number of hydrogen-bond donors (Lipinski definition) is 0. The Morgan fingerprint density at radius 1 is 1.04 bits per heavy atom. The van der Waals surface area contributed by atoms with Gasteiger partial charge in [0.2, 0.25) is 0 Å². The fraction of sp³-hybridized carbons (Fsp3) is 0.579. The summed E-state index contributed by atoms with van der Waals surface area (Å²) >= 11 is 0. The maximum absolute atomic E-state index is 12.2. The van der Waals surface area contributed by atoms with E-state index in [-0.39, 0.29) is 12.1 Å². The number of ether oxygens (including phenoxy) is 2. The third kappa shape index (κ3) is 6.05. The van der Waals surface area contributed by atoms with E-state index in [1.807, 2.05) is 32.9 Å². The highest BCUT2D eigenvalue weighted by atomic mass is 16.6. The Bertz CT molecular complexity index is 592. The molecule has 6 heteroatoms. The largest absolute Gasteiger partial charge is 0.465 e. The number of carbonyl (C=O) groups is 2. The number of amides is 1. The van der Waals surface area contributed by atoms with Crippen molar-refractivity contribution in [3.63, 3.8) is 0 Å². The summed E-state index contributed by atoms with van der Waals surface area (Å²) in [5.41, 5.74) is 1.22. The molecule has 2 rings (SSSR count). The Hall–Kier alpha value is -2.08. The van der Waals surface area contributed by atoms with Crippen LogP contribution in [0.3, 0.4) is 0 Å². The first kappa shape index (κ1) is 19.2. The molecule has 0 atom stereocenters. The highest BCUT2D eigenvalue weighted by molar-refractivity contribution is 5.89. The molecule has 0 saturated carbocycles. The monoisotopic (exact) mass is 348 g/mol. The van der Waals surface area contributed by atoms with Crippen molar-refractivity contribution in [3.05, 3.63) is 35.4 Å². The lowest BCUT2D eigenvalue weighted by Crippen LogP contribution is -2.39. The molecule has 1 fully saturated rings. The van der Waals surface area contributed by atoms with Gasteiger partial charge in [0.25, 0.3) is 0 Å². The van der Waals surface area contributed by atoms with Crippen LogP contribution in [0.4, 0.5) is 4.79 Å². The molecule has 6 nitrogen and oxygen atoms in total. The van der Waals surface area contributed by atoms with E-state index >= 15 is 0 Å². The fourth-order valence-electron chi connectivity index (χ4n) is 2.76. The van der Waals surface area contributed by atoms with Crippen molar-refractivity contribution in [2.75, 3.05) is 33.3 Å². The smallest absolute Gasteiger partial charge is 0.410 e. The maximum Gasteiger partial charge on any atom is 0.410 e. The zero-order valence-electron chi connectivity index (χ0n) is 15.6. The van der Waals surface area contributed by atoms with Crippen molar-refractivity contribution in [3.8, 4) is 0 Å². The minimum Gasteiger partial charge on any atom is -0.465 e. The summed E-state index contributed by atoms with van der Waals surface area (Å²) in [4.78, 5) is 27.8. The van der Waals surface area contributed by atoms with Crippen LogP contribution in [0, 0.1) is 0 Å². The number of esters is 1. The van der Waals surface area contributed by atoms with E-state index in [0.717, 1.165) is 31.6 Å². The lowest BCUT2D eigenvalue weighted by molar-refractivity contribution is 0.0257. The third-order valence-electron chi connectivity index (χ3n) is 4.02. The van der Waals surface area contributed by atoms with Crippen molar-refractivity contribution in [2.24, 2.45) is 0 Å². The average molecular weight is 348 g/mol. The van der Waals surface area contributed by atoms with Gasteiger partial charge in [0.05, 0.1) is 12.7 Å². The highest BCUT2D eigenvalue weighted by Gasteiger charge is 2.24. The number of nitrogens with zero attached hydrogens (tertiary/aromatic N) is 2. The van der Waals surface area contributed by atoms with Crippen LogP contribution < -0.4 is 0 Å². The fourth-order valence-corrected chi connectivity index (χ4v) is 2.76. The summed E-state index contributed by atoms with van der Waals surface area (Å²) in [5, 5.41) is 0. The molecule has 0 bridgehead atoms. The van der Waals surface area contributed by atoms with Gasteiger partial charge in [0.1, 0.15) is 5.60 Å². The van der Waals surface area contributed by atoms with Crippen LogP contribution >= 0.6 is 0 Å². The summed E-state index contributed by atoms with van der Waals surface area (Å²) in [5.74, 6) is -0.325. The van der Waals surface area contributed by atoms with Gasteiger partial charge in [0.15, 0.2) is 0 Å². The first-order chi connectivity index (χ1) is 11.8. The molecule has 1 amide bonds. The number of carbonyl (C=O) groups excluding carboxylic acids is 2. The average Bonchev–Trinajstić information content (AvgIpc) is 2.79. The summed E-state index contributed by atoms with van der Waals surface area (Å²) in [6.07, 6.45) is 0.677. The minimum atomic E-state index is -0.468. The molecule has 1 aromatic rings. The molecule has 138 valence electrons. The summed E-state index contributed by atoms with van der Waals surface area (Å²) in [6, 6.07) is 7.46. The molecule has 0 aromatic heterocycles. The Morgan fingerprint density at radius 3 is 2.32 bits per heavy atom. The summed E-state index contributed by atoms with van der Waals surface area (Å²) in [6.45, 7) is 9.55. The van der Waals surface area contributed by atoms with E-state index in [4.69, 9.17) is 9.47 Å². The van der Waals surface area contributed by atoms with Crippen molar-refractivity contribution in [1.82, 2.24) is 9.80 Å². The van der Waals surface area contributed by atoms with Crippen LogP contribution in [0.25, 0.3) is 0 Å². The number of hydrogen-bond acceptors (Lipinski definition) is 5. The van der Waals surface area contributed by atoms with Crippen molar-refractivity contribution in [1.29, 1.82) is 0 Å². The van der Waals surface area contributed by atoms with Crippen LogP contribution in [0.5, 0.6) is 0 Å². The molecule has 1 aromatic carbocycles. The quantitative estimate of drug-likeness (QED) is 0.786. The van der Waals surface area contributed by atoms with Gasteiger partial charge in [0, 0.05) is 32.7 Å². The number of rotatable bonds is 3. The van der Waals surface area contributed by atoms with E-state index in [1.165, 1.54) is 7.11 Å². The van der Waals surface area contributed by atoms with Gasteiger partial charge >= 0.3 is 12.1 Å². The van der Waals surface area contributed by atoms with E-state index in [9.17, 15) is 9.59 Å². The molecule has 25 heavy (non-hydrogen) atoms. The maximum atomic E-state index is 12.2. The van der Waals surface area contributed by atoms with E-state index in [1.54, 1.807) is 17.0 Å². The first-order valence-corrected chi connectivity index (χ1v) is 8.66. The molecule has 0 unspecified atom stereocenters. The molecule has 1 aliphatic heterocycles. The Balaban J connectivity index is 1.88. The van der Waals surface area contributed by atoms with Crippen molar-refractivity contribution < 1.29 is 19.1 Å². The predicted octanol–water partition coefficient (Wildman–Crippen LogP) is 2.92. The van der Waals surface area contributed by atoms with Crippen LogP contribution in [0.1, 0.15) is 43.1 Å². The van der Waals surface area contributed by atoms with Gasteiger partial charge in [-0.3, -0.25) is 4.90 Å². The first-order valence-electron chi connectivity index (χ1n) is 8.66. The van der Waals surface area contributed by atoms with Crippen LogP contribution in [0.15, 0.2) is 24.3 Å². The SMILES string of the molecule is COC(=O)c1ccc(CN2CCCN(C(=O)OC(C)(C)C)CC2)cc1. The number of methoxy groups -OCH3 is 1. The topological polar surface area (TPSA) is 59.1 Å². The van der Waals surface area contributed by atoms with Crippen molar-refractivity contribution in [2.45, 2.75) is 39.3 Å². The van der Waals surface area contributed by atoms with E-state index in [2.05, 4.69) is 4.90 Å². The zero-order chi connectivity index (χ0) is 18.4. The zero-order valence-corrected chi connectivity index (χ0v) is 15.6. The molecule has 0 radical (unpaired) electrons. The molecular formula is C19H28N2O4. The molecule has 1 heterocycles. The van der Waals surface area contributed by atoms with Crippen LogP contribution in [0.2, 0.25) is 0 Å². The molecule has 0 aliphatic carbocycles. The van der Waals surface area contributed by atoms with Gasteiger partial charge in [-0.05, 0) is 44.9 Å². The van der Waals surface area contributed by atoms with Gasteiger partial charge in [-0.25, -0.2) is 9.59 Å². The second kappa shape index (κ2) is 8.34. The normalized spacial score (nSPS) is 16.2. The molecule has 0 spiro atoms. The van der Waals surface area contributed by atoms with Gasteiger partial charge < -0.3 is 14.4 Å². The molecular weight excluding hydrogens is 320 g/mol. The Kier molecular flexibility index (Phi) is 6.42. The van der Waals surface area contributed by atoms with E-state index < -0.39 is 5.60 Å². The highest BCUT2D eigenvalue weighted by Crippen LogP contribution is 2.14. The molecule has 1 aliphatic rings. The van der Waals surface area contributed by atoms with Gasteiger partial charge in [-0.2, -0.15) is 0 Å². The lowest BCUT2D eigenvalue weighted by Gasteiger charge is -2.26. The molecule has 1 saturated heterocycles. The van der Waals surface area contributed by atoms with Crippen molar-refractivity contribution >= 4 is 12.1 Å². The third-order valence-corrected chi connectivity index (χ3v) is 4.02. The Morgan fingerprint density at radius 2 is 1.72 bits per heavy atom. The lowest BCUT2D eigenvalue weighted by atomic mass is 10.1. The van der Waals surface area contributed by atoms with E-state index in [0.29, 0.717) is 18.7 Å². The van der Waals surface area contributed by atoms with Crippen LogP contribution in [-0.4, -0.2) is 60.8 Å². The van der Waals surface area contributed by atoms with Crippen LogP contribution in [-0.2, 0) is 16.0 Å². The predicted molar refractivity (Wildman–Crippen MR) is 95.5 cm³/mol.